The second kappa shape index (κ2) is 2.33. The van der Waals surface area contributed by atoms with E-state index in [0.29, 0.717) is 6.54 Å². The molecule has 1 aliphatic rings. The van der Waals surface area contributed by atoms with Crippen LogP contribution >= 0.6 is 11.8 Å². The van der Waals surface area contributed by atoms with Crippen LogP contribution in [0.2, 0.25) is 0 Å². The van der Waals surface area contributed by atoms with Gasteiger partial charge in [-0.05, 0) is 0 Å². The zero-order valence-corrected chi connectivity index (χ0v) is 4.87. The fourth-order valence-corrected chi connectivity index (χ4v) is 1.22. The summed E-state index contributed by atoms with van der Waals surface area (Å²) >= 11 is 1.77. The summed E-state index contributed by atoms with van der Waals surface area (Å²) in [4.78, 5) is 4.11. The highest BCUT2D eigenvalue weighted by atomic mass is 32.2. The molecular formula is C4H8N2S. The van der Waals surface area contributed by atoms with Gasteiger partial charge in [0.2, 0.25) is 0 Å². The van der Waals surface area contributed by atoms with Gasteiger partial charge in [0.15, 0.2) is 0 Å². The minimum atomic E-state index is 0.630. The lowest BCUT2D eigenvalue weighted by Gasteiger charge is -1.86. The number of nitrogens with zero attached hydrogens (tertiary/aromatic N) is 1. The van der Waals surface area contributed by atoms with E-state index in [9.17, 15) is 0 Å². The topological polar surface area (TPSA) is 38.4 Å². The number of aliphatic imine (C=N–C) groups is 1. The van der Waals surface area contributed by atoms with Crippen LogP contribution in [0.4, 0.5) is 0 Å². The highest BCUT2D eigenvalue weighted by Crippen LogP contribution is 2.08. The molecule has 0 bridgehead atoms. The van der Waals surface area contributed by atoms with Crippen molar-refractivity contribution in [3.05, 3.63) is 0 Å². The molecule has 0 amide bonds. The Balaban J connectivity index is 2.36. The molecule has 3 heteroatoms. The second-order valence-electron chi connectivity index (χ2n) is 1.33. The summed E-state index contributed by atoms with van der Waals surface area (Å²) in [5.74, 6) is 1.13. The summed E-state index contributed by atoms with van der Waals surface area (Å²) in [6.45, 7) is 1.60. The Hall–Kier alpha value is -0.0200. The van der Waals surface area contributed by atoms with Gasteiger partial charge >= 0.3 is 0 Å². The van der Waals surface area contributed by atoms with E-state index >= 15 is 0 Å². The molecule has 0 unspecified atom stereocenters. The maximum absolute atomic E-state index is 5.28. The lowest BCUT2D eigenvalue weighted by molar-refractivity contribution is 1.16. The number of nitrogens with two attached hydrogens (primary N) is 1. The third-order valence-electron chi connectivity index (χ3n) is 0.823. The van der Waals surface area contributed by atoms with E-state index in [1.165, 1.54) is 0 Å². The Morgan fingerprint density at radius 3 is 3.00 bits per heavy atom. The first-order chi connectivity index (χ1) is 3.43. The molecule has 2 N–H and O–H groups in total. The summed E-state index contributed by atoms with van der Waals surface area (Å²) in [6, 6.07) is 0. The number of hydrogen-bond donors (Lipinski definition) is 1. The molecule has 0 saturated carbocycles. The summed E-state index contributed by atoms with van der Waals surface area (Å²) < 4.78 is 0. The fraction of sp³-hybridized carbons (Fsp3) is 0.750. The monoisotopic (exact) mass is 116 g/mol. The Bertz CT molecular complexity index is 89.7. The van der Waals surface area contributed by atoms with E-state index in [1.807, 2.05) is 0 Å². The van der Waals surface area contributed by atoms with E-state index in [4.69, 9.17) is 5.73 Å². The van der Waals surface area contributed by atoms with Crippen LogP contribution in [0.1, 0.15) is 0 Å². The van der Waals surface area contributed by atoms with E-state index in [2.05, 4.69) is 4.99 Å². The van der Waals surface area contributed by atoms with Crippen molar-refractivity contribution < 1.29 is 0 Å². The van der Waals surface area contributed by atoms with Gasteiger partial charge in [-0.3, -0.25) is 4.99 Å². The molecule has 0 fully saturated rings. The summed E-state index contributed by atoms with van der Waals surface area (Å²) in [5.41, 5.74) is 5.28. The highest BCUT2D eigenvalue weighted by molar-refractivity contribution is 8.14. The first kappa shape index (κ1) is 5.12. The van der Waals surface area contributed by atoms with Crippen molar-refractivity contribution in [2.45, 2.75) is 0 Å². The van der Waals surface area contributed by atoms with Crippen LogP contribution in [0.15, 0.2) is 4.99 Å². The van der Waals surface area contributed by atoms with E-state index in [0.717, 1.165) is 17.3 Å². The van der Waals surface area contributed by atoms with Crippen molar-refractivity contribution in [3.8, 4) is 0 Å². The van der Waals surface area contributed by atoms with E-state index in [1.54, 1.807) is 11.8 Å². The zero-order valence-electron chi connectivity index (χ0n) is 4.05. The Kier molecular flexibility index (Phi) is 1.70. The first-order valence-electron chi connectivity index (χ1n) is 2.29. The second-order valence-corrected chi connectivity index (χ2v) is 2.50. The molecule has 0 aromatic rings. The van der Waals surface area contributed by atoms with Crippen LogP contribution in [0.3, 0.4) is 0 Å². The summed E-state index contributed by atoms with van der Waals surface area (Å²) in [6.07, 6.45) is 0. The molecule has 0 saturated heterocycles. The molecule has 1 rings (SSSR count). The van der Waals surface area contributed by atoms with Crippen molar-refractivity contribution >= 4 is 16.8 Å². The molecule has 40 valence electrons. The number of thioether (sulfide) groups is 1. The van der Waals surface area contributed by atoms with Gasteiger partial charge in [0.1, 0.15) is 0 Å². The molecule has 0 spiro atoms. The zero-order chi connectivity index (χ0) is 5.11. The van der Waals surface area contributed by atoms with Crippen LogP contribution in [0.25, 0.3) is 0 Å². The van der Waals surface area contributed by atoms with Crippen LogP contribution in [-0.4, -0.2) is 23.9 Å². The minimum absolute atomic E-state index is 0.630. The molecule has 0 aromatic carbocycles. The Morgan fingerprint density at radius 1 is 1.86 bits per heavy atom. The van der Waals surface area contributed by atoms with Crippen molar-refractivity contribution in [1.82, 2.24) is 0 Å². The standard InChI is InChI=1S/C4H8N2S/c5-3-4-6-1-2-7-4/h1-3,5H2. The predicted octanol–water partition coefficient (Wildman–Crippen LogP) is 0.0904. The van der Waals surface area contributed by atoms with Crippen LogP contribution in [0.5, 0.6) is 0 Å². The lowest BCUT2D eigenvalue weighted by Crippen LogP contribution is -2.07. The van der Waals surface area contributed by atoms with Gasteiger partial charge in [0, 0.05) is 18.8 Å². The third-order valence-corrected chi connectivity index (χ3v) is 1.84. The highest BCUT2D eigenvalue weighted by Gasteiger charge is 2.01. The van der Waals surface area contributed by atoms with Gasteiger partial charge in [0.05, 0.1) is 5.04 Å². The molecule has 1 heterocycles. The molecule has 0 aromatic heterocycles. The van der Waals surface area contributed by atoms with Gasteiger partial charge in [0.25, 0.3) is 0 Å². The quantitative estimate of drug-likeness (QED) is 0.527. The smallest absolute Gasteiger partial charge is 0.0813 e. The molecular weight excluding hydrogens is 108 g/mol. The third kappa shape index (κ3) is 1.17. The summed E-state index contributed by atoms with van der Waals surface area (Å²) in [7, 11) is 0. The molecule has 1 aliphatic heterocycles. The van der Waals surface area contributed by atoms with E-state index < -0.39 is 0 Å². The number of rotatable bonds is 1. The van der Waals surface area contributed by atoms with Gasteiger partial charge < -0.3 is 5.73 Å². The molecule has 0 aliphatic carbocycles. The predicted molar refractivity (Wildman–Crippen MR) is 33.8 cm³/mol. The van der Waals surface area contributed by atoms with Crippen molar-refractivity contribution in [2.24, 2.45) is 10.7 Å². The van der Waals surface area contributed by atoms with Gasteiger partial charge in [-0.1, -0.05) is 0 Å². The lowest BCUT2D eigenvalue weighted by atomic mass is 10.7. The van der Waals surface area contributed by atoms with Gasteiger partial charge in [-0.15, -0.1) is 11.8 Å². The molecule has 2 nitrogen and oxygen atoms in total. The maximum Gasteiger partial charge on any atom is 0.0813 e. The number of hydrogen-bond acceptors (Lipinski definition) is 3. The van der Waals surface area contributed by atoms with Crippen LogP contribution < -0.4 is 5.73 Å². The van der Waals surface area contributed by atoms with Crippen LogP contribution in [-0.2, 0) is 0 Å². The average Bonchev–Trinajstić information content (AvgIpc) is 2.14. The molecule has 7 heavy (non-hydrogen) atoms. The largest absolute Gasteiger partial charge is 0.325 e. The Labute approximate surface area is 47.2 Å². The summed E-state index contributed by atoms with van der Waals surface area (Å²) in [5, 5.41) is 1.11. The molecule has 0 atom stereocenters. The van der Waals surface area contributed by atoms with Crippen molar-refractivity contribution in [1.29, 1.82) is 0 Å². The fourth-order valence-electron chi connectivity index (χ4n) is 0.503. The van der Waals surface area contributed by atoms with Crippen molar-refractivity contribution in [3.63, 3.8) is 0 Å². The SMILES string of the molecule is NCC1=NCCS1. The normalized spacial score (nSPS) is 19.9. The van der Waals surface area contributed by atoms with Crippen LogP contribution in [0, 0.1) is 0 Å². The Morgan fingerprint density at radius 2 is 2.71 bits per heavy atom. The molecule has 0 radical (unpaired) electrons. The average molecular weight is 116 g/mol. The van der Waals surface area contributed by atoms with Crippen molar-refractivity contribution in [2.75, 3.05) is 18.8 Å². The first-order valence-corrected chi connectivity index (χ1v) is 3.28. The van der Waals surface area contributed by atoms with Gasteiger partial charge in [-0.2, -0.15) is 0 Å². The minimum Gasteiger partial charge on any atom is -0.325 e. The van der Waals surface area contributed by atoms with Gasteiger partial charge in [-0.25, -0.2) is 0 Å². The van der Waals surface area contributed by atoms with E-state index in [-0.39, 0.29) is 0 Å². The maximum atomic E-state index is 5.28.